The van der Waals surface area contributed by atoms with E-state index in [1.165, 1.54) is 0 Å². The molecule has 0 fully saturated rings. The van der Waals surface area contributed by atoms with Crippen LogP contribution in [0.1, 0.15) is 0 Å². The van der Waals surface area contributed by atoms with Gasteiger partial charge in [0.05, 0.1) is 0 Å². The molecule has 28 valence electrons. The van der Waals surface area contributed by atoms with Gasteiger partial charge in [0, 0.05) is 0 Å². The summed E-state index contributed by atoms with van der Waals surface area (Å²) in [5.41, 5.74) is 0. The maximum absolute atomic E-state index is 11.3. The van der Waals surface area contributed by atoms with Crippen LogP contribution in [0.4, 0.5) is 4.20 Å². The van der Waals surface area contributed by atoms with Gasteiger partial charge in [-0.25, -0.2) is 0 Å². The van der Waals surface area contributed by atoms with Gasteiger partial charge in [-0.05, 0) is 0 Å². The van der Waals surface area contributed by atoms with E-state index in [1.807, 2.05) is 0 Å². The van der Waals surface area contributed by atoms with E-state index in [1.54, 1.807) is 0 Å². The molecule has 1 atom stereocenters. The SMILES string of the molecule is Fp1np[nH]1. The first-order valence-electron chi connectivity index (χ1n) is 1.02. The molecule has 0 bridgehead atoms. The molecular weight excluding hydrogens is 109 g/mol. The maximum Gasteiger partial charge on any atom is 0.249 e. The van der Waals surface area contributed by atoms with Gasteiger partial charge in [0.2, 0.25) is 8.16 Å². The number of halogens is 1. The lowest BCUT2D eigenvalue weighted by Gasteiger charge is -1.81. The summed E-state index contributed by atoms with van der Waals surface area (Å²) in [6, 6.07) is 0. The minimum absolute atomic E-state index is 0.702. The molecule has 0 aliphatic rings. The van der Waals surface area contributed by atoms with Crippen LogP contribution in [0.2, 0.25) is 0 Å². The molecule has 1 N–H and O–H groups in total. The predicted octanol–water partition coefficient (Wildman–Crippen LogP) is 1.71. The second-order valence-corrected chi connectivity index (χ2v) is 2.79. The zero-order valence-corrected chi connectivity index (χ0v) is 4.01. The second kappa shape index (κ2) is 1.08. The largest absolute Gasteiger partial charge is 0.272 e. The van der Waals surface area contributed by atoms with Gasteiger partial charge in [0.25, 0.3) is 0 Å². The van der Waals surface area contributed by atoms with Crippen LogP contribution in [0.3, 0.4) is 0 Å². The van der Waals surface area contributed by atoms with Gasteiger partial charge in [-0.3, -0.25) is 4.51 Å². The summed E-state index contributed by atoms with van der Waals surface area (Å²) >= 11 is 0. The van der Waals surface area contributed by atoms with E-state index in [9.17, 15) is 4.20 Å². The van der Waals surface area contributed by atoms with Gasteiger partial charge in [-0.2, -0.15) is 4.51 Å². The molecule has 0 saturated carbocycles. The fourth-order valence-electron chi connectivity index (χ4n) is 0.0785. The van der Waals surface area contributed by atoms with Crippen molar-refractivity contribution in [2.24, 2.45) is 0 Å². The quantitative estimate of drug-likeness (QED) is 0.540. The van der Waals surface area contributed by atoms with Gasteiger partial charge < -0.3 is 0 Å². The average Bonchev–Trinajstić information content (AvgIpc) is 1.30. The van der Waals surface area contributed by atoms with Gasteiger partial charge in [0.15, 0.2) is 0 Å². The third-order valence-electron chi connectivity index (χ3n) is 0.250. The van der Waals surface area contributed by atoms with Crippen molar-refractivity contribution in [3.63, 3.8) is 0 Å². The van der Waals surface area contributed by atoms with Crippen molar-refractivity contribution in [2.75, 3.05) is 0 Å². The van der Waals surface area contributed by atoms with Gasteiger partial charge >= 0.3 is 0 Å². The third kappa shape index (κ3) is 0.499. The molecule has 2 nitrogen and oxygen atoms in total. The van der Waals surface area contributed by atoms with Crippen molar-refractivity contribution in [2.45, 2.75) is 0 Å². The number of H-pyrrole nitrogens is 1. The Labute approximate surface area is 31.0 Å². The van der Waals surface area contributed by atoms with Crippen molar-refractivity contribution >= 4 is 16.7 Å². The molecule has 5 heteroatoms. The highest BCUT2D eigenvalue weighted by Crippen LogP contribution is 2.24. The van der Waals surface area contributed by atoms with E-state index in [-0.39, 0.29) is 0 Å². The zero-order valence-electron chi connectivity index (χ0n) is 2.22. The smallest absolute Gasteiger partial charge is 0.249 e. The van der Waals surface area contributed by atoms with Crippen molar-refractivity contribution in [3.05, 3.63) is 0 Å². The number of hydrogen-bond donors (Lipinski definition) is 1. The van der Waals surface area contributed by atoms with E-state index < -0.39 is 8.16 Å². The topological polar surface area (TPSA) is 28.7 Å². The molecule has 1 heterocycles. The minimum Gasteiger partial charge on any atom is -0.272 e. The van der Waals surface area contributed by atoms with Crippen molar-refractivity contribution in [1.29, 1.82) is 0 Å². The Morgan fingerprint density at radius 1 is 2.00 bits per heavy atom. The van der Waals surface area contributed by atoms with Gasteiger partial charge in [0.1, 0.15) is 8.51 Å². The molecule has 0 spiro atoms. The van der Waals surface area contributed by atoms with Gasteiger partial charge in [-0.15, -0.1) is 4.20 Å². The van der Waals surface area contributed by atoms with E-state index in [2.05, 4.69) is 9.02 Å². The first-order chi connectivity index (χ1) is 2.39. The lowest BCUT2D eigenvalue weighted by molar-refractivity contribution is 0.900. The zero-order chi connectivity index (χ0) is 3.70. The van der Waals surface area contributed by atoms with Crippen molar-refractivity contribution in [3.8, 4) is 0 Å². The number of nitrogens with zero attached hydrogens (tertiary/aromatic N) is 1. The Morgan fingerprint density at radius 2 is 2.40 bits per heavy atom. The van der Waals surface area contributed by atoms with Crippen LogP contribution in [-0.4, -0.2) is 9.02 Å². The molecule has 0 aliphatic carbocycles. The Hall–Kier alpha value is 0.130. The summed E-state index contributed by atoms with van der Waals surface area (Å²) in [6.45, 7) is 0. The Kier molecular flexibility index (Phi) is 0.716. The van der Waals surface area contributed by atoms with E-state index in [0.717, 1.165) is 0 Å². The summed E-state index contributed by atoms with van der Waals surface area (Å²) in [6.07, 6.45) is 0. The summed E-state index contributed by atoms with van der Waals surface area (Å²) in [7, 11) is -0.853. The highest BCUT2D eigenvalue weighted by molar-refractivity contribution is 7.51. The first-order valence-corrected chi connectivity index (χ1v) is 3.05. The Balaban J connectivity index is 2.83. The predicted molar refractivity (Wildman–Crippen MR) is 20.3 cm³/mol. The summed E-state index contributed by atoms with van der Waals surface area (Å²) < 4.78 is 17.0. The van der Waals surface area contributed by atoms with Crippen LogP contribution in [-0.2, 0) is 0 Å². The molecule has 0 aromatic carbocycles. The molecule has 0 radical (unpaired) electrons. The van der Waals surface area contributed by atoms with E-state index in [0.29, 0.717) is 8.51 Å². The monoisotopic (exact) mass is 110 g/mol. The molecule has 1 aromatic heterocycles. The normalized spacial score (nSPS) is 14.2. The van der Waals surface area contributed by atoms with Crippen molar-refractivity contribution in [1.82, 2.24) is 9.02 Å². The Bertz CT molecular complexity index is 89.8. The van der Waals surface area contributed by atoms with Crippen LogP contribution in [0, 0.1) is 0 Å². The molecular formula is HFN2P2. The molecule has 0 saturated heterocycles. The minimum atomic E-state index is -1.56. The number of hydrogen-bond acceptors (Lipinski definition) is 1. The fourth-order valence-corrected chi connectivity index (χ4v) is 0.707. The lowest BCUT2D eigenvalue weighted by atomic mass is 13.9. The maximum atomic E-state index is 11.3. The molecule has 1 aromatic rings. The number of rotatable bonds is 0. The molecule has 1 unspecified atom stereocenters. The fraction of sp³-hybridized carbons (Fsp3) is 0. The van der Waals surface area contributed by atoms with E-state index in [4.69, 9.17) is 0 Å². The highest BCUT2D eigenvalue weighted by Gasteiger charge is 1.83. The van der Waals surface area contributed by atoms with Crippen LogP contribution in [0.15, 0.2) is 0 Å². The number of aromatic nitrogens is 2. The summed E-state index contributed by atoms with van der Waals surface area (Å²) in [4.78, 5) is 0. The van der Waals surface area contributed by atoms with Gasteiger partial charge in [-0.1, -0.05) is 0 Å². The van der Waals surface area contributed by atoms with E-state index >= 15 is 0 Å². The molecule has 5 heavy (non-hydrogen) atoms. The molecule has 0 aliphatic heterocycles. The number of aromatic amines is 1. The second-order valence-electron chi connectivity index (χ2n) is 0.550. The van der Waals surface area contributed by atoms with Crippen LogP contribution >= 0.6 is 16.7 Å². The standard InChI is InChI=1S/FHN2P2/c1-5-2-4-3-5/h(H,2,3). The average molecular weight is 110 g/mol. The van der Waals surface area contributed by atoms with Crippen LogP contribution in [0.5, 0.6) is 0 Å². The summed E-state index contributed by atoms with van der Waals surface area (Å²) in [5.74, 6) is 0. The first kappa shape index (κ1) is 3.32. The third-order valence-corrected chi connectivity index (χ3v) is 2.25. The van der Waals surface area contributed by atoms with Crippen LogP contribution < -0.4 is 0 Å². The molecule has 0 amide bonds. The Morgan fingerprint density at radius 3 is 2.40 bits per heavy atom. The number of nitrogens with one attached hydrogen (secondary N) is 1. The highest BCUT2D eigenvalue weighted by atomic mass is 31.2. The molecule has 1 rings (SSSR count). The van der Waals surface area contributed by atoms with Crippen LogP contribution in [0.25, 0.3) is 0 Å². The summed E-state index contributed by atoms with van der Waals surface area (Å²) in [5, 5.41) is 0. The lowest BCUT2D eigenvalue weighted by Crippen LogP contribution is -1.56. The van der Waals surface area contributed by atoms with Crippen molar-refractivity contribution < 1.29 is 4.20 Å².